The largest absolute Gasteiger partial charge is 0.347 e. The van der Waals surface area contributed by atoms with Gasteiger partial charge in [0.25, 0.3) is 0 Å². The number of nitrogens with zero attached hydrogens (tertiary/aromatic N) is 1. The van der Waals surface area contributed by atoms with E-state index in [2.05, 4.69) is 35.9 Å². The predicted molar refractivity (Wildman–Crippen MR) is 71.4 cm³/mol. The lowest BCUT2D eigenvalue weighted by molar-refractivity contribution is 0.419. The number of para-hydroxylation sites is 1. The van der Waals surface area contributed by atoms with E-state index in [1.165, 1.54) is 37.7 Å². The van der Waals surface area contributed by atoms with Crippen molar-refractivity contribution in [2.24, 2.45) is 5.92 Å². The third-order valence-corrected chi connectivity index (χ3v) is 4.63. The zero-order chi connectivity index (χ0) is 11.4. The fraction of sp³-hybridized carbons (Fsp3) is 0.500. The highest BCUT2D eigenvalue weighted by Gasteiger charge is 2.26. The van der Waals surface area contributed by atoms with Gasteiger partial charge in [-0.25, -0.2) is 0 Å². The van der Waals surface area contributed by atoms with E-state index >= 15 is 0 Å². The highest BCUT2D eigenvalue weighted by molar-refractivity contribution is 5.88. The summed E-state index contributed by atoms with van der Waals surface area (Å²) in [6, 6.07) is 6.90. The Hall–Kier alpha value is -1.24. The van der Waals surface area contributed by atoms with Gasteiger partial charge >= 0.3 is 0 Å². The van der Waals surface area contributed by atoms with E-state index in [1.807, 2.05) is 0 Å². The first-order valence-corrected chi connectivity index (χ1v) is 6.93. The molecule has 1 aromatic carbocycles. The van der Waals surface area contributed by atoms with Crippen LogP contribution in [0.5, 0.6) is 0 Å². The van der Waals surface area contributed by atoms with Gasteiger partial charge in [0.15, 0.2) is 0 Å². The SMILES string of the molecule is CC1Cc2cccc3c(C4CCC4)cn(c23)C1. The lowest BCUT2D eigenvalue weighted by Gasteiger charge is -2.24. The van der Waals surface area contributed by atoms with Gasteiger partial charge in [-0.3, -0.25) is 0 Å². The summed E-state index contributed by atoms with van der Waals surface area (Å²) < 4.78 is 2.52. The molecule has 1 aliphatic heterocycles. The minimum Gasteiger partial charge on any atom is -0.347 e. The lowest BCUT2D eigenvalue weighted by atomic mass is 9.80. The van der Waals surface area contributed by atoms with Crippen molar-refractivity contribution in [3.05, 3.63) is 35.5 Å². The molecular weight excluding hydrogens is 206 g/mol. The van der Waals surface area contributed by atoms with E-state index in [0.717, 1.165) is 11.8 Å². The summed E-state index contributed by atoms with van der Waals surface area (Å²) in [5.41, 5.74) is 4.72. The van der Waals surface area contributed by atoms with Crippen LogP contribution in [0.1, 0.15) is 43.2 Å². The molecule has 1 fully saturated rings. The second kappa shape index (κ2) is 3.38. The molecule has 2 heterocycles. The van der Waals surface area contributed by atoms with Crippen LogP contribution in [-0.2, 0) is 13.0 Å². The maximum absolute atomic E-state index is 2.52. The molecule has 1 saturated carbocycles. The first kappa shape index (κ1) is 9.76. The standard InChI is InChI=1S/C16H19N/c1-11-8-13-6-3-7-14-15(12-4-2-5-12)10-17(9-11)16(13)14/h3,6-7,10-12H,2,4-5,8-9H2,1H3. The first-order chi connectivity index (χ1) is 8.33. The summed E-state index contributed by atoms with van der Waals surface area (Å²) in [5.74, 6) is 1.64. The molecule has 1 unspecified atom stereocenters. The van der Waals surface area contributed by atoms with Crippen LogP contribution in [0.15, 0.2) is 24.4 Å². The van der Waals surface area contributed by atoms with Gasteiger partial charge in [0.1, 0.15) is 0 Å². The van der Waals surface area contributed by atoms with Gasteiger partial charge in [0.2, 0.25) is 0 Å². The molecule has 17 heavy (non-hydrogen) atoms. The monoisotopic (exact) mass is 225 g/mol. The Balaban J connectivity index is 1.97. The third kappa shape index (κ3) is 1.31. The molecule has 4 rings (SSSR count). The highest BCUT2D eigenvalue weighted by atomic mass is 15.0. The molecule has 0 bridgehead atoms. The molecule has 1 aliphatic carbocycles. The van der Waals surface area contributed by atoms with Crippen molar-refractivity contribution in [2.45, 2.75) is 45.1 Å². The van der Waals surface area contributed by atoms with E-state index < -0.39 is 0 Å². The van der Waals surface area contributed by atoms with E-state index in [0.29, 0.717) is 0 Å². The van der Waals surface area contributed by atoms with E-state index in [4.69, 9.17) is 0 Å². The van der Waals surface area contributed by atoms with Crippen molar-refractivity contribution in [1.82, 2.24) is 4.57 Å². The van der Waals surface area contributed by atoms with Gasteiger partial charge in [-0.1, -0.05) is 31.5 Å². The Morgan fingerprint density at radius 3 is 2.88 bits per heavy atom. The van der Waals surface area contributed by atoms with Gasteiger partial charge in [-0.15, -0.1) is 0 Å². The zero-order valence-corrected chi connectivity index (χ0v) is 10.4. The first-order valence-electron chi connectivity index (χ1n) is 6.93. The minimum absolute atomic E-state index is 0.787. The summed E-state index contributed by atoms with van der Waals surface area (Å²) >= 11 is 0. The minimum atomic E-state index is 0.787. The van der Waals surface area contributed by atoms with Crippen LogP contribution in [0.4, 0.5) is 0 Å². The average Bonchev–Trinajstić information content (AvgIpc) is 2.56. The smallest absolute Gasteiger partial charge is 0.0515 e. The quantitative estimate of drug-likeness (QED) is 0.688. The highest BCUT2D eigenvalue weighted by Crippen LogP contribution is 2.42. The zero-order valence-electron chi connectivity index (χ0n) is 10.4. The van der Waals surface area contributed by atoms with Crippen molar-refractivity contribution in [3.63, 3.8) is 0 Å². The molecule has 2 aromatic rings. The van der Waals surface area contributed by atoms with Crippen LogP contribution in [0.2, 0.25) is 0 Å². The number of hydrogen-bond acceptors (Lipinski definition) is 0. The lowest BCUT2D eigenvalue weighted by Crippen LogP contribution is -2.15. The van der Waals surface area contributed by atoms with Crippen molar-refractivity contribution in [3.8, 4) is 0 Å². The Labute approximate surface area is 102 Å². The fourth-order valence-corrected chi connectivity index (χ4v) is 3.59. The molecule has 88 valence electrons. The molecule has 2 aliphatic rings. The summed E-state index contributed by atoms with van der Waals surface area (Å²) in [6.07, 6.45) is 7.93. The van der Waals surface area contributed by atoms with Gasteiger partial charge in [-0.05, 0) is 42.2 Å². The Bertz CT molecular complexity index is 574. The molecule has 0 N–H and O–H groups in total. The Kier molecular flexibility index (Phi) is 1.94. The average molecular weight is 225 g/mol. The van der Waals surface area contributed by atoms with E-state index in [-0.39, 0.29) is 0 Å². The maximum Gasteiger partial charge on any atom is 0.0515 e. The van der Waals surface area contributed by atoms with Gasteiger partial charge < -0.3 is 4.57 Å². The fourth-order valence-electron chi connectivity index (χ4n) is 3.59. The van der Waals surface area contributed by atoms with Crippen molar-refractivity contribution in [1.29, 1.82) is 0 Å². The molecular formula is C16H19N. The predicted octanol–water partition coefficient (Wildman–Crippen LogP) is 4.10. The second-order valence-corrected chi connectivity index (χ2v) is 5.99. The number of hydrogen-bond donors (Lipinski definition) is 0. The number of aromatic nitrogens is 1. The molecule has 1 aromatic heterocycles. The normalized spacial score (nSPS) is 23.9. The van der Waals surface area contributed by atoms with Gasteiger partial charge in [-0.2, -0.15) is 0 Å². The van der Waals surface area contributed by atoms with E-state index in [9.17, 15) is 0 Å². The van der Waals surface area contributed by atoms with Crippen LogP contribution in [0, 0.1) is 5.92 Å². The topological polar surface area (TPSA) is 4.93 Å². The van der Waals surface area contributed by atoms with Crippen molar-refractivity contribution >= 4 is 10.9 Å². The second-order valence-electron chi connectivity index (χ2n) is 5.99. The summed E-state index contributed by atoms with van der Waals surface area (Å²) in [6.45, 7) is 3.57. The van der Waals surface area contributed by atoms with Crippen molar-refractivity contribution in [2.75, 3.05) is 0 Å². The Morgan fingerprint density at radius 1 is 1.24 bits per heavy atom. The van der Waals surface area contributed by atoms with Crippen LogP contribution >= 0.6 is 0 Å². The molecule has 0 saturated heterocycles. The van der Waals surface area contributed by atoms with Crippen LogP contribution < -0.4 is 0 Å². The molecule has 1 nitrogen and oxygen atoms in total. The Morgan fingerprint density at radius 2 is 2.12 bits per heavy atom. The summed E-state index contributed by atoms with van der Waals surface area (Å²) in [5, 5.41) is 1.54. The number of rotatable bonds is 1. The van der Waals surface area contributed by atoms with Crippen LogP contribution in [0.25, 0.3) is 10.9 Å². The summed E-state index contributed by atoms with van der Waals surface area (Å²) in [7, 11) is 0. The molecule has 0 amide bonds. The van der Waals surface area contributed by atoms with Crippen LogP contribution in [0.3, 0.4) is 0 Å². The molecule has 1 heteroatoms. The maximum atomic E-state index is 2.52. The molecule has 0 spiro atoms. The van der Waals surface area contributed by atoms with Crippen LogP contribution in [-0.4, -0.2) is 4.57 Å². The molecule has 0 radical (unpaired) electrons. The third-order valence-electron chi connectivity index (χ3n) is 4.63. The van der Waals surface area contributed by atoms with E-state index in [1.54, 1.807) is 16.5 Å². The summed E-state index contributed by atoms with van der Waals surface area (Å²) in [4.78, 5) is 0. The van der Waals surface area contributed by atoms with Gasteiger partial charge in [0, 0.05) is 18.1 Å². The van der Waals surface area contributed by atoms with Gasteiger partial charge in [0.05, 0.1) is 5.52 Å². The van der Waals surface area contributed by atoms with Crippen molar-refractivity contribution < 1.29 is 0 Å². The molecule has 1 atom stereocenters. The number of benzene rings is 1.